The SMILES string of the molecule is Fc1ccc(CNc2nc(OCC(F)(F)F)nc(-n3cnc4ccccc43)n2)cc1. The molecule has 0 unspecified atom stereocenters. The van der Waals surface area contributed by atoms with Gasteiger partial charge in [-0.1, -0.05) is 24.3 Å². The Bertz CT molecular complexity index is 1160. The van der Waals surface area contributed by atoms with Gasteiger partial charge in [0.15, 0.2) is 6.61 Å². The van der Waals surface area contributed by atoms with E-state index in [1.807, 2.05) is 0 Å². The molecule has 2 aromatic carbocycles. The molecule has 0 saturated carbocycles. The van der Waals surface area contributed by atoms with E-state index in [2.05, 4.69) is 25.3 Å². The van der Waals surface area contributed by atoms with Gasteiger partial charge in [-0.05, 0) is 29.8 Å². The molecule has 0 atom stereocenters. The smallest absolute Gasteiger partial charge is 0.422 e. The Kier molecular flexibility index (Phi) is 5.17. The van der Waals surface area contributed by atoms with Crippen molar-refractivity contribution in [3.8, 4) is 12.0 Å². The number of para-hydroxylation sites is 2. The summed E-state index contributed by atoms with van der Waals surface area (Å²) in [4.78, 5) is 16.4. The molecule has 0 spiro atoms. The Balaban J connectivity index is 1.66. The molecule has 0 aliphatic carbocycles. The standard InChI is InChI=1S/C19H14F4N6O/c20-13-7-5-12(6-8-13)9-24-16-26-17(28-18(27-16)30-10-19(21,22)23)29-11-25-14-3-1-2-4-15(14)29/h1-8,11H,9-10H2,(H,24,26,27,28). The Morgan fingerprint density at radius 2 is 1.73 bits per heavy atom. The van der Waals surface area contributed by atoms with Crippen LogP contribution in [0, 0.1) is 5.82 Å². The highest BCUT2D eigenvalue weighted by atomic mass is 19.4. The molecule has 4 rings (SSSR count). The lowest BCUT2D eigenvalue weighted by Gasteiger charge is -2.11. The summed E-state index contributed by atoms with van der Waals surface area (Å²) in [5, 5.41) is 2.89. The molecule has 0 saturated heterocycles. The second kappa shape index (κ2) is 7.93. The average Bonchev–Trinajstić information content (AvgIpc) is 3.15. The molecule has 7 nitrogen and oxygen atoms in total. The summed E-state index contributed by atoms with van der Waals surface area (Å²) in [7, 11) is 0. The Hall–Kier alpha value is -3.76. The maximum atomic E-state index is 13.1. The van der Waals surface area contributed by atoms with Crippen LogP contribution in [0.15, 0.2) is 54.9 Å². The molecule has 0 bridgehead atoms. The van der Waals surface area contributed by atoms with Gasteiger partial charge in [0.25, 0.3) is 0 Å². The summed E-state index contributed by atoms with van der Waals surface area (Å²) < 4.78 is 57.0. The molecule has 2 aromatic heterocycles. The number of nitrogens with one attached hydrogen (secondary N) is 1. The van der Waals surface area contributed by atoms with Crippen molar-refractivity contribution in [1.82, 2.24) is 24.5 Å². The van der Waals surface area contributed by atoms with Crippen LogP contribution in [0.25, 0.3) is 17.0 Å². The van der Waals surface area contributed by atoms with Gasteiger partial charge in [-0.2, -0.15) is 28.1 Å². The summed E-state index contributed by atoms with van der Waals surface area (Å²) in [6.45, 7) is -1.33. The third kappa shape index (κ3) is 4.62. The summed E-state index contributed by atoms with van der Waals surface area (Å²) in [6.07, 6.45) is -3.09. The number of fused-ring (bicyclic) bond motifs is 1. The first kappa shape index (κ1) is 19.6. The molecule has 1 N–H and O–H groups in total. The second-order valence-corrected chi connectivity index (χ2v) is 6.23. The summed E-state index contributed by atoms with van der Waals surface area (Å²) in [5.74, 6) is -0.340. The van der Waals surface area contributed by atoms with E-state index < -0.39 is 18.8 Å². The zero-order chi connectivity index (χ0) is 21.1. The van der Waals surface area contributed by atoms with Gasteiger partial charge in [0.1, 0.15) is 12.1 Å². The van der Waals surface area contributed by atoms with Crippen molar-refractivity contribution >= 4 is 17.0 Å². The van der Waals surface area contributed by atoms with Crippen LogP contribution in [0.3, 0.4) is 0 Å². The number of anilines is 1. The van der Waals surface area contributed by atoms with E-state index >= 15 is 0 Å². The largest absolute Gasteiger partial charge is 0.454 e. The van der Waals surface area contributed by atoms with Crippen LogP contribution in [-0.2, 0) is 6.54 Å². The van der Waals surface area contributed by atoms with E-state index in [-0.39, 0.29) is 24.3 Å². The molecule has 2 heterocycles. The van der Waals surface area contributed by atoms with Crippen molar-refractivity contribution in [2.45, 2.75) is 12.7 Å². The van der Waals surface area contributed by atoms with Gasteiger partial charge in [-0.3, -0.25) is 4.57 Å². The minimum absolute atomic E-state index is 0.000666. The van der Waals surface area contributed by atoms with Crippen LogP contribution in [-0.4, -0.2) is 37.3 Å². The Morgan fingerprint density at radius 3 is 2.50 bits per heavy atom. The van der Waals surface area contributed by atoms with E-state index in [1.165, 1.54) is 23.0 Å². The zero-order valence-corrected chi connectivity index (χ0v) is 15.3. The minimum atomic E-state index is -4.55. The molecule has 0 aliphatic heterocycles. The van der Waals surface area contributed by atoms with Gasteiger partial charge >= 0.3 is 12.2 Å². The number of nitrogens with zero attached hydrogens (tertiary/aromatic N) is 5. The molecule has 4 aromatic rings. The molecule has 0 fully saturated rings. The molecular formula is C19H14F4N6O. The minimum Gasteiger partial charge on any atom is -0.454 e. The Labute approximate surface area is 167 Å². The first-order valence-corrected chi connectivity index (χ1v) is 8.74. The number of ether oxygens (including phenoxy) is 1. The maximum absolute atomic E-state index is 13.1. The average molecular weight is 418 g/mol. The second-order valence-electron chi connectivity index (χ2n) is 6.23. The van der Waals surface area contributed by atoms with Crippen molar-refractivity contribution < 1.29 is 22.3 Å². The van der Waals surface area contributed by atoms with Crippen LogP contribution in [0.1, 0.15) is 5.56 Å². The maximum Gasteiger partial charge on any atom is 0.422 e. The van der Waals surface area contributed by atoms with Crippen molar-refractivity contribution in [3.05, 3.63) is 66.2 Å². The number of alkyl halides is 3. The lowest BCUT2D eigenvalue weighted by Crippen LogP contribution is -2.21. The fraction of sp³-hybridized carbons (Fsp3) is 0.158. The highest BCUT2D eigenvalue weighted by Crippen LogP contribution is 2.20. The van der Waals surface area contributed by atoms with Gasteiger partial charge in [0.2, 0.25) is 11.9 Å². The predicted octanol–water partition coefficient (Wildman–Crippen LogP) is 3.90. The van der Waals surface area contributed by atoms with Crippen LogP contribution in [0.2, 0.25) is 0 Å². The van der Waals surface area contributed by atoms with Crippen molar-refractivity contribution in [1.29, 1.82) is 0 Å². The molecule has 0 radical (unpaired) electrons. The van der Waals surface area contributed by atoms with Crippen molar-refractivity contribution in [3.63, 3.8) is 0 Å². The number of benzene rings is 2. The van der Waals surface area contributed by atoms with Crippen LogP contribution in [0.4, 0.5) is 23.5 Å². The number of imidazole rings is 1. The summed E-state index contributed by atoms with van der Waals surface area (Å²) in [6, 6.07) is 12.4. The molecule has 30 heavy (non-hydrogen) atoms. The van der Waals surface area contributed by atoms with Gasteiger partial charge in [0, 0.05) is 6.54 Å². The van der Waals surface area contributed by atoms with Gasteiger partial charge in [-0.15, -0.1) is 0 Å². The third-order valence-electron chi connectivity index (χ3n) is 4.00. The first-order valence-electron chi connectivity index (χ1n) is 8.74. The van der Waals surface area contributed by atoms with E-state index in [4.69, 9.17) is 4.74 Å². The van der Waals surface area contributed by atoms with Crippen molar-refractivity contribution in [2.75, 3.05) is 11.9 Å². The summed E-state index contributed by atoms with van der Waals surface area (Å²) in [5.41, 5.74) is 2.05. The van der Waals surface area contributed by atoms with E-state index in [0.29, 0.717) is 11.0 Å². The quantitative estimate of drug-likeness (QED) is 0.479. The van der Waals surface area contributed by atoms with Crippen LogP contribution in [0.5, 0.6) is 6.01 Å². The summed E-state index contributed by atoms with van der Waals surface area (Å²) >= 11 is 0. The molecular weight excluding hydrogens is 404 g/mol. The molecule has 0 amide bonds. The van der Waals surface area contributed by atoms with E-state index in [0.717, 1.165) is 5.56 Å². The highest BCUT2D eigenvalue weighted by molar-refractivity contribution is 5.76. The first-order chi connectivity index (χ1) is 14.4. The van der Waals surface area contributed by atoms with Gasteiger partial charge in [-0.25, -0.2) is 9.37 Å². The number of rotatable bonds is 6. The lowest BCUT2D eigenvalue weighted by molar-refractivity contribution is -0.154. The van der Waals surface area contributed by atoms with Crippen LogP contribution < -0.4 is 10.1 Å². The number of halogens is 4. The van der Waals surface area contributed by atoms with Crippen molar-refractivity contribution in [2.24, 2.45) is 0 Å². The molecule has 0 aliphatic rings. The van der Waals surface area contributed by atoms with Gasteiger partial charge in [0.05, 0.1) is 11.0 Å². The Morgan fingerprint density at radius 1 is 0.967 bits per heavy atom. The fourth-order valence-corrected chi connectivity index (χ4v) is 2.65. The number of aromatic nitrogens is 5. The lowest BCUT2D eigenvalue weighted by atomic mass is 10.2. The number of hydrogen-bond donors (Lipinski definition) is 1. The predicted molar refractivity (Wildman–Crippen MR) is 99.7 cm³/mol. The zero-order valence-electron chi connectivity index (χ0n) is 15.3. The topological polar surface area (TPSA) is 77.8 Å². The molecule has 154 valence electrons. The van der Waals surface area contributed by atoms with E-state index in [9.17, 15) is 17.6 Å². The van der Waals surface area contributed by atoms with Gasteiger partial charge < -0.3 is 10.1 Å². The number of hydrogen-bond acceptors (Lipinski definition) is 6. The monoisotopic (exact) mass is 418 g/mol. The normalized spacial score (nSPS) is 11.6. The molecule has 11 heteroatoms. The third-order valence-corrected chi connectivity index (χ3v) is 4.00. The fourth-order valence-electron chi connectivity index (χ4n) is 2.65. The highest BCUT2D eigenvalue weighted by Gasteiger charge is 2.29. The van der Waals surface area contributed by atoms with E-state index in [1.54, 1.807) is 36.4 Å². The van der Waals surface area contributed by atoms with Crippen LogP contribution >= 0.6 is 0 Å².